The van der Waals surface area contributed by atoms with Gasteiger partial charge in [0, 0.05) is 6.54 Å². The number of urea groups is 1. The van der Waals surface area contributed by atoms with Crippen LogP contribution < -0.4 is 15.4 Å². The summed E-state index contributed by atoms with van der Waals surface area (Å²) in [7, 11) is 1.63. The van der Waals surface area contributed by atoms with Crippen LogP contribution in [0.1, 0.15) is 29.6 Å². The zero-order chi connectivity index (χ0) is 18.4. The fourth-order valence-corrected chi connectivity index (χ4v) is 2.54. The van der Waals surface area contributed by atoms with Gasteiger partial charge in [0.2, 0.25) is 0 Å². The van der Waals surface area contributed by atoms with E-state index in [4.69, 9.17) is 9.15 Å². The molecule has 136 valence electrons. The third-order valence-electron chi connectivity index (χ3n) is 3.98. The fraction of sp³-hybridized carbons (Fsp3) is 0.421. The van der Waals surface area contributed by atoms with Gasteiger partial charge in [0.05, 0.1) is 13.7 Å². The lowest BCUT2D eigenvalue weighted by Gasteiger charge is -2.21. The first-order valence-electron chi connectivity index (χ1n) is 8.26. The van der Waals surface area contributed by atoms with Crippen molar-refractivity contribution in [2.75, 3.05) is 20.2 Å². The molecule has 2 rings (SSSR count). The molecule has 2 amide bonds. The van der Waals surface area contributed by atoms with Gasteiger partial charge in [-0.05, 0) is 51.0 Å². The average molecular weight is 346 g/mol. The van der Waals surface area contributed by atoms with Gasteiger partial charge >= 0.3 is 6.03 Å². The minimum Gasteiger partial charge on any atom is -0.496 e. The number of carbonyl (C=O) groups excluding carboxylic acids is 1. The summed E-state index contributed by atoms with van der Waals surface area (Å²) in [6, 6.07) is 9.10. The highest BCUT2D eigenvalue weighted by molar-refractivity contribution is 5.73. The van der Waals surface area contributed by atoms with E-state index in [1.54, 1.807) is 33.1 Å². The van der Waals surface area contributed by atoms with E-state index in [2.05, 4.69) is 10.6 Å². The molecule has 2 aromatic rings. The number of benzene rings is 1. The summed E-state index contributed by atoms with van der Waals surface area (Å²) in [5, 5.41) is 15.8. The molecule has 0 saturated heterocycles. The Labute approximate surface area is 148 Å². The molecule has 25 heavy (non-hydrogen) atoms. The van der Waals surface area contributed by atoms with Crippen molar-refractivity contribution >= 4 is 6.03 Å². The standard InChI is InChI=1S/C19H26N2O4/c1-13-5-7-16(24-4)15(11-13)9-10-20-18(22)21-12-19(3,23)17-8-6-14(2)25-17/h5-8,11,23H,9-10,12H2,1-4H3,(H2,20,21,22). The summed E-state index contributed by atoms with van der Waals surface area (Å²) in [6.07, 6.45) is 0.659. The third kappa shape index (κ3) is 5.26. The van der Waals surface area contributed by atoms with E-state index in [1.165, 1.54) is 0 Å². The number of hydrogen-bond acceptors (Lipinski definition) is 4. The number of furan rings is 1. The first kappa shape index (κ1) is 18.9. The maximum atomic E-state index is 11.9. The minimum atomic E-state index is -1.26. The largest absolute Gasteiger partial charge is 0.496 e. The summed E-state index contributed by atoms with van der Waals surface area (Å²) in [5.41, 5.74) is 0.927. The van der Waals surface area contributed by atoms with Crippen LogP contribution in [0.4, 0.5) is 4.79 Å². The monoisotopic (exact) mass is 346 g/mol. The van der Waals surface area contributed by atoms with Crippen molar-refractivity contribution in [3.8, 4) is 5.75 Å². The molecule has 0 radical (unpaired) electrons. The Kier molecular flexibility index (Phi) is 6.09. The number of carbonyl (C=O) groups is 1. The number of amides is 2. The molecule has 1 aromatic carbocycles. The SMILES string of the molecule is COc1ccc(C)cc1CCNC(=O)NCC(C)(O)c1ccc(C)o1. The lowest BCUT2D eigenvalue weighted by Crippen LogP contribution is -2.43. The number of nitrogens with one attached hydrogen (secondary N) is 2. The van der Waals surface area contributed by atoms with Gasteiger partial charge in [0.25, 0.3) is 0 Å². The normalized spacial score (nSPS) is 13.2. The maximum Gasteiger partial charge on any atom is 0.314 e. The third-order valence-corrected chi connectivity index (χ3v) is 3.98. The average Bonchev–Trinajstić information content (AvgIpc) is 3.01. The highest BCUT2D eigenvalue weighted by Crippen LogP contribution is 2.22. The Bertz CT molecular complexity index is 722. The van der Waals surface area contributed by atoms with E-state index >= 15 is 0 Å². The Balaban J connectivity index is 1.80. The molecule has 6 nitrogen and oxygen atoms in total. The van der Waals surface area contributed by atoms with Crippen LogP contribution in [0.25, 0.3) is 0 Å². The number of aryl methyl sites for hydroxylation is 2. The van der Waals surface area contributed by atoms with E-state index in [1.807, 2.05) is 25.1 Å². The van der Waals surface area contributed by atoms with Gasteiger partial charge in [-0.2, -0.15) is 0 Å². The van der Waals surface area contributed by atoms with E-state index in [9.17, 15) is 9.90 Å². The van der Waals surface area contributed by atoms with Gasteiger partial charge < -0.3 is 24.9 Å². The Morgan fingerprint density at radius 2 is 2.00 bits per heavy atom. The number of ether oxygens (including phenoxy) is 1. The van der Waals surface area contributed by atoms with Crippen LogP contribution in [-0.2, 0) is 12.0 Å². The Hall–Kier alpha value is -2.47. The summed E-state index contributed by atoms with van der Waals surface area (Å²) < 4.78 is 10.7. The molecule has 3 N–H and O–H groups in total. The van der Waals surface area contributed by atoms with Crippen LogP contribution in [0.15, 0.2) is 34.7 Å². The highest BCUT2D eigenvalue weighted by atomic mass is 16.5. The number of hydrogen-bond donors (Lipinski definition) is 3. The van der Waals surface area contributed by atoms with Crippen LogP contribution in [0.2, 0.25) is 0 Å². The quantitative estimate of drug-likeness (QED) is 0.720. The van der Waals surface area contributed by atoms with Gasteiger partial charge in [-0.15, -0.1) is 0 Å². The summed E-state index contributed by atoms with van der Waals surface area (Å²) in [6.45, 7) is 5.94. The molecule has 1 aromatic heterocycles. The van der Waals surface area contributed by atoms with Gasteiger partial charge in [-0.3, -0.25) is 0 Å². The van der Waals surface area contributed by atoms with E-state index in [0.29, 0.717) is 24.5 Å². The van der Waals surface area contributed by atoms with Crippen LogP contribution in [-0.4, -0.2) is 31.3 Å². The molecule has 0 aliphatic heterocycles. The van der Waals surface area contributed by atoms with Crippen LogP contribution >= 0.6 is 0 Å². The molecule has 0 saturated carbocycles. The van der Waals surface area contributed by atoms with Crippen molar-refractivity contribution in [1.82, 2.24) is 10.6 Å². The summed E-state index contributed by atoms with van der Waals surface area (Å²) in [5.74, 6) is 1.95. The van der Waals surface area contributed by atoms with Gasteiger partial charge in [0.1, 0.15) is 22.9 Å². The molecule has 0 bridgehead atoms. The molecule has 1 atom stereocenters. The van der Waals surface area contributed by atoms with Gasteiger partial charge in [0.15, 0.2) is 0 Å². The van der Waals surface area contributed by atoms with E-state index in [0.717, 1.165) is 16.9 Å². The van der Waals surface area contributed by atoms with Crippen molar-refractivity contribution in [2.45, 2.75) is 32.8 Å². The smallest absolute Gasteiger partial charge is 0.314 e. The highest BCUT2D eigenvalue weighted by Gasteiger charge is 2.27. The second kappa shape index (κ2) is 8.07. The topological polar surface area (TPSA) is 83.7 Å². The van der Waals surface area contributed by atoms with E-state index < -0.39 is 5.60 Å². The van der Waals surface area contributed by atoms with Crippen LogP contribution in [0.5, 0.6) is 5.75 Å². The summed E-state index contributed by atoms with van der Waals surface area (Å²) in [4.78, 5) is 11.9. The van der Waals surface area contributed by atoms with Crippen molar-refractivity contribution in [2.24, 2.45) is 0 Å². The maximum absolute atomic E-state index is 11.9. The number of aliphatic hydroxyl groups is 1. The lowest BCUT2D eigenvalue weighted by atomic mass is 10.0. The molecule has 0 spiro atoms. The van der Waals surface area contributed by atoms with Crippen molar-refractivity contribution in [3.63, 3.8) is 0 Å². The molecule has 1 unspecified atom stereocenters. The molecule has 1 heterocycles. The fourth-order valence-electron chi connectivity index (χ4n) is 2.54. The Morgan fingerprint density at radius 3 is 2.64 bits per heavy atom. The number of rotatable bonds is 7. The van der Waals surface area contributed by atoms with Crippen LogP contribution in [0, 0.1) is 13.8 Å². The predicted molar refractivity (Wildman–Crippen MR) is 95.9 cm³/mol. The first-order chi connectivity index (χ1) is 11.8. The molecule has 6 heteroatoms. The molecule has 0 aliphatic rings. The molecule has 0 fully saturated rings. The molecular weight excluding hydrogens is 320 g/mol. The predicted octanol–water partition coefficient (Wildman–Crippen LogP) is 2.65. The van der Waals surface area contributed by atoms with Crippen molar-refractivity contribution in [1.29, 1.82) is 0 Å². The lowest BCUT2D eigenvalue weighted by molar-refractivity contribution is 0.0360. The second-order valence-electron chi connectivity index (χ2n) is 6.36. The van der Waals surface area contributed by atoms with Gasteiger partial charge in [-0.25, -0.2) is 4.79 Å². The zero-order valence-corrected chi connectivity index (χ0v) is 15.2. The second-order valence-corrected chi connectivity index (χ2v) is 6.36. The zero-order valence-electron chi connectivity index (χ0n) is 15.2. The molecule has 0 aliphatic carbocycles. The van der Waals surface area contributed by atoms with Crippen LogP contribution in [0.3, 0.4) is 0 Å². The minimum absolute atomic E-state index is 0.0551. The number of methoxy groups -OCH3 is 1. The van der Waals surface area contributed by atoms with E-state index in [-0.39, 0.29) is 12.6 Å². The van der Waals surface area contributed by atoms with Gasteiger partial charge in [-0.1, -0.05) is 17.7 Å². The molecular formula is C19H26N2O4. The first-order valence-corrected chi connectivity index (χ1v) is 8.26. The summed E-state index contributed by atoms with van der Waals surface area (Å²) >= 11 is 0. The Morgan fingerprint density at radius 1 is 1.24 bits per heavy atom. The van der Waals surface area contributed by atoms with Crippen molar-refractivity contribution in [3.05, 3.63) is 53.0 Å². The van der Waals surface area contributed by atoms with Crippen molar-refractivity contribution < 1.29 is 19.1 Å².